The minimum absolute atomic E-state index is 0.0731. The van der Waals surface area contributed by atoms with Crippen molar-refractivity contribution in [3.8, 4) is 23.0 Å². The summed E-state index contributed by atoms with van der Waals surface area (Å²) in [5.74, 6) is 1.36. The number of aromatic hydroxyl groups is 2. The molecule has 0 atom stereocenters. The van der Waals surface area contributed by atoms with Crippen LogP contribution in [0.25, 0.3) is 0 Å². The number of methoxy groups -OCH3 is 2. The van der Waals surface area contributed by atoms with Gasteiger partial charge in [-0.2, -0.15) is 10.2 Å². The zero-order chi connectivity index (χ0) is 15.9. The summed E-state index contributed by atoms with van der Waals surface area (Å²) in [6.45, 7) is 0. The van der Waals surface area contributed by atoms with Gasteiger partial charge in [-0.05, 0) is 36.4 Å². The SMILES string of the molecule is COc1ccc(O)c(C=NN=Cc2cc(OC)ccc2O)c1. The topological polar surface area (TPSA) is 83.6 Å². The zero-order valence-corrected chi connectivity index (χ0v) is 12.2. The van der Waals surface area contributed by atoms with E-state index >= 15 is 0 Å². The predicted molar refractivity (Wildman–Crippen MR) is 84.5 cm³/mol. The zero-order valence-electron chi connectivity index (χ0n) is 12.2. The van der Waals surface area contributed by atoms with E-state index in [2.05, 4.69) is 10.2 Å². The van der Waals surface area contributed by atoms with Crippen LogP contribution < -0.4 is 9.47 Å². The van der Waals surface area contributed by atoms with Gasteiger partial charge in [0.15, 0.2) is 0 Å². The molecule has 22 heavy (non-hydrogen) atoms. The Labute approximate surface area is 128 Å². The second-order valence-corrected chi connectivity index (χ2v) is 4.34. The molecule has 0 saturated carbocycles. The predicted octanol–water partition coefficient (Wildman–Crippen LogP) is 2.57. The van der Waals surface area contributed by atoms with E-state index in [9.17, 15) is 10.2 Å². The normalized spacial score (nSPS) is 11.2. The van der Waals surface area contributed by atoms with Gasteiger partial charge in [0.1, 0.15) is 23.0 Å². The van der Waals surface area contributed by atoms with Crippen LogP contribution in [-0.4, -0.2) is 36.9 Å². The summed E-state index contributed by atoms with van der Waals surface area (Å²) >= 11 is 0. The van der Waals surface area contributed by atoms with Crippen LogP contribution in [0.3, 0.4) is 0 Å². The first-order valence-corrected chi connectivity index (χ1v) is 6.44. The molecule has 2 aromatic rings. The number of hydrogen-bond donors (Lipinski definition) is 2. The van der Waals surface area contributed by atoms with E-state index in [0.29, 0.717) is 22.6 Å². The Morgan fingerprint density at radius 2 is 1.18 bits per heavy atom. The minimum Gasteiger partial charge on any atom is -0.507 e. The highest BCUT2D eigenvalue weighted by Crippen LogP contribution is 2.22. The molecular weight excluding hydrogens is 284 g/mol. The fourth-order valence-electron chi connectivity index (χ4n) is 1.72. The fourth-order valence-corrected chi connectivity index (χ4v) is 1.72. The van der Waals surface area contributed by atoms with Gasteiger partial charge in [-0.25, -0.2) is 0 Å². The molecule has 0 spiro atoms. The number of ether oxygens (including phenoxy) is 2. The van der Waals surface area contributed by atoms with E-state index in [0.717, 1.165) is 0 Å². The van der Waals surface area contributed by atoms with Crippen LogP contribution in [0.1, 0.15) is 11.1 Å². The van der Waals surface area contributed by atoms with Crippen LogP contribution in [0.2, 0.25) is 0 Å². The number of hydrogen-bond acceptors (Lipinski definition) is 6. The Balaban J connectivity index is 2.15. The van der Waals surface area contributed by atoms with E-state index < -0.39 is 0 Å². The lowest BCUT2D eigenvalue weighted by Gasteiger charge is -2.02. The Morgan fingerprint density at radius 1 is 0.773 bits per heavy atom. The summed E-state index contributed by atoms with van der Waals surface area (Å²) in [6, 6.07) is 9.58. The maximum atomic E-state index is 9.70. The minimum atomic E-state index is 0.0731. The van der Waals surface area contributed by atoms with Crippen LogP contribution in [0, 0.1) is 0 Å². The number of phenolic OH excluding ortho intramolecular Hbond substituents is 2. The van der Waals surface area contributed by atoms with Crippen LogP contribution in [-0.2, 0) is 0 Å². The van der Waals surface area contributed by atoms with Gasteiger partial charge in [0.2, 0.25) is 0 Å². The molecule has 0 bridgehead atoms. The molecule has 0 unspecified atom stereocenters. The number of phenols is 2. The molecule has 2 N–H and O–H groups in total. The van der Waals surface area contributed by atoms with Gasteiger partial charge in [0.05, 0.1) is 26.6 Å². The Morgan fingerprint density at radius 3 is 1.55 bits per heavy atom. The highest BCUT2D eigenvalue weighted by molar-refractivity contribution is 5.86. The molecule has 6 heteroatoms. The van der Waals surface area contributed by atoms with Crippen LogP contribution >= 0.6 is 0 Å². The van der Waals surface area contributed by atoms with E-state index in [1.54, 1.807) is 24.3 Å². The third-order valence-corrected chi connectivity index (χ3v) is 2.93. The van der Waals surface area contributed by atoms with E-state index in [1.807, 2.05) is 0 Å². The monoisotopic (exact) mass is 300 g/mol. The Hall–Kier alpha value is -3.02. The van der Waals surface area contributed by atoms with Gasteiger partial charge < -0.3 is 19.7 Å². The first kappa shape index (κ1) is 15.4. The second-order valence-electron chi connectivity index (χ2n) is 4.34. The highest BCUT2D eigenvalue weighted by atomic mass is 16.5. The largest absolute Gasteiger partial charge is 0.507 e. The van der Waals surface area contributed by atoms with E-state index in [4.69, 9.17) is 9.47 Å². The van der Waals surface area contributed by atoms with Crippen molar-refractivity contribution in [2.24, 2.45) is 10.2 Å². The number of rotatable bonds is 5. The number of nitrogens with zero attached hydrogens (tertiary/aromatic N) is 2. The lowest BCUT2D eigenvalue weighted by Crippen LogP contribution is -1.88. The van der Waals surface area contributed by atoms with Crippen molar-refractivity contribution < 1.29 is 19.7 Å². The molecule has 0 radical (unpaired) electrons. The van der Waals surface area contributed by atoms with Gasteiger partial charge in [-0.15, -0.1) is 0 Å². The third-order valence-electron chi connectivity index (χ3n) is 2.93. The molecule has 0 saturated heterocycles. The average Bonchev–Trinajstić information content (AvgIpc) is 2.54. The molecule has 114 valence electrons. The van der Waals surface area contributed by atoms with Gasteiger partial charge in [0.25, 0.3) is 0 Å². The molecule has 0 fully saturated rings. The van der Waals surface area contributed by atoms with Crippen LogP contribution in [0.15, 0.2) is 46.6 Å². The first-order valence-electron chi connectivity index (χ1n) is 6.44. The lowest BCUT2D eigenvalue weighted by molar-refractivity contribution is 0.412. The Bertz CT molecular complexity index is 650. The molecule has 0 aromatic heterocycles. The van der Waals surface area contributed by atoms with Gasteiger partial charge in [-0.1, -0.05) is 0 Å². The maximum Gasteiger partial charge on any atom is 0.124 e. The molecule has 0 heterocycles. The van der Waals surface area contributed by atoms with E-state index in [-0.39, 0.29) is 11.5 Å². The van der Waals surface area contributed by atoms with Crippen molar-refractivity contribution in [2.45, 2.75) is 0 Å². The van der Waals surface area contributed by atoms with Crippen LogP contribution in [0.4, 0.5) is 0 Å². The quantitative estimate of drug-likeness (QED) is 0.656. The fraction of sp³-hybridized carbons (Fsp3) is 0.125. The lowest BCUT2D eigenvalue weighted by atomic mass is 10.2. The number of benzene rings is 2. The molecule has 0 aliphatic rings. The summed E-state index contributed by atoms with van der Waals surface area (Å²) in [5, 5.41) is 27.1. The van der Waals surface area contributed by atoms with Crippen molar-refractivity contribution >= 4 is 12.4 Å². The summed E-state index contributed by atoms with van der Waals surface area (Å²) in [6.07, 6.45) is 2.79. The summed E-state index contributed by atoms with van der Waals surface area (Å²) in [4.78, 5) is 0. The molecule has 0 amide bonds. The second kappa shape index (κ2) is 7.12. The van der Waals surface area contributed by atoms with Crippen molar-refractivity contribution in [2.75, 3.05) is 14.2 Å². The smallest absolute Gasteiger partial charge is 0.124 e. The highest BCUT2D eigenvalue weighted by Gasteiger charge is 2.01. The molecule has 0 aliphatic carbocycles. The molecule has 0 aliphatic heterocycles. The van der Waals surface area contributed by atoms with Crippen molar-refractivity contribution in [3.05, 3.63) is 47.5 Å². The molecule has 6 nitrogen and oxygen atoms in total. The summed E-state index contributed by atoms with van der Waals surface area (Å²) in [5.41, 5.74) is 0.956. The third kappa shape index (κ3) is 3.76. The van der Waals surface area contributed by atoms with Crippen LogP contribution in [0.5, 0.6) is 23.0 Å². The van der Waals surface area contributed by atoms with Gasteiger partial charge in [-0.3, -0.25) is 0 Å². The average molecular weight is 300 g/mol. The molecule has 2 aromatic carbocycles. The summed E-state index contributed by atoms with van der Waals surface area (Å²) < 4.78 is 10.1. The van der Waals surface area contributed by atoms with Crippen molar-refractivity contribution in [1.82, 2.24) is 0 Å². The van der Waals surface area contributed by atoms with E-state index in [1.165, 1.54) is 38.8 Å². The Kier molecular flexibility index (Phi) is 4.98. The summed E-state index contributed by atoms with van der Waals surface area (Å²) in [7, 11) is 3.08. The van der Waals surface area contributed by atoms with Gasteiger partial charge in [0, 0.05) is 11.1 Å². The maximum absolute atomic E-state index is 9.70. The standard InChI is InChI=1S/C16H16N2O4/c1-21-13-3-5-15(19)11(7-13)9-17-18-10-12-8-14(22-2)4-6-16(12)20/h3-10,19-20H,1-2H3. The van der Waals surface area contributed by atoms with Crippen molar-refractivity contribution in [3.63, 3.8) is 0 Å². The first-order chi connectivity index (χ1) is 10.6. The van der Waals surface area contributed by atoms with Crippen molar-refractivity contribution in [1.29, 1.82) is 0 Å². The molecular formula is C16H16N2O4. The molecule has 2 rings (SSSR count). The van der Waals surface area contributed by atoms with Gasteiger partial charge >= 0.3 is 0 Å².